The second-order valence-corrected chi connectivity index (χ2v) is 21.6. The van der Waals surface area contributed by atoms with Gasteiger partial charge in [-0.15, -0.1) is 11.8 Å². The number of amides is 1. The van der Waals surface area contributed by atoms with Gasteiger partial charge < -0.3 is 18.9 Å². The van der Waals surface area contributed by atoms with Crippen molar-refractivity contribution in [2.75, 3.05) is 12.9 Å². The van der Waals surface area contributed by atoms with E-state index in [0.29, 0.717) is 10.8 Å². The van der Waals surface area contributed by atoms with Crippen LogP contribution in [0.15, 0.2) is 10.1 Å². The molecule has 0 fully saturated rings. The van der Waals surface area contributed by atoms with Crippen molar-refractivity contribution in [2.45, 2.75) is 122 Å². The van der Waals surface area contributed by atoms with Crippen LogP contribution in [0.1, 0.15) is 55.4 Å². The Morgan fingerprint density at radius 1 is 1.16 bits per heavy atom. The largest absolute Gasteiger partial charge is 0.467 e. The molecule has 0 bridgehead atoms. The normalized spacial score (nSPS) is 19.8. The first-order valence-corrected chi connectivity index (χ1v) is 19.5. The minimum Gasteiger partial charge on any atom is -0.467 e. The molecule has 0 aromatic heterocycles. The Morgan fingerprint density at radius 3 is 2.19 bits per heavy atom. The van der Waals surface area contributed by atoms with E-state index < -0.39 is 52.7 Å². The predicted octanol–water partition coefficient (Wildman–Crippen LogP) is 5.66. The van der Waals surface area contributed by atoms with Crippen molar-refractivity contribution in [1.82, 2.24) is 5.32 Å². The number of azide groups is 1. The number of hydrogen-bond acceptors (Lipinski definition) is 8. The molecule has 37 heavy (non-hydrogen) atoms. The van der Waals surface area contributed by atoms with Crippen molar-refractivity contribution in [2.24, 2.45) is 10.1 Å². The molecule has 1 rings (SSSR count). The number of hydrogen-bond donors (Lipinski definition) is 1. The molecule has 1 aliphatic heterocycles. The van der Waals surface area contributed by atoms with Gasteiger partial charge in [0.25, 0.3) is 0 Å². The average molecular weight is 574 g/mol. The Balaban J connectivity index is 3.32. The summed E-state index contributed by atoms with van der Waals surface area (Å²) in [4.78, 5) is 33.2. The van der Waals surface area contributed by atoms with Crippen LogP contribution < -0.4 is 5.32 Å². The molecule has 0 saturated carbocycles. The number of methoxy groups -OCH3 is 1. The molecule has 0 aromatic rings. The molecular formula is C24H47N5O5SSi2. The molecule has 5 atom stereocenters. The van der Waals surface area contributed by atoms with Gasteiger partial charge in [0.2, 0.25) is 5.91 Å². The van der Waals surface area contributed by atoms with Crippen molar-refractivity contribution >= 4 is 45.3 Å². The van der Waals surface area contributed by atoms with Crippen LogP contribution in [-0.2, 0) is 23.2 Å². The van der Waals surface area contributed by atoms with Gasteiger partial charge in [0, 0.05) is 10.7 Å². The van der Waals surface area contributed by atoms with E-state index in [9.17, 15) is 15.1 Å². The van der Waals surface area contributed by atoms with Crippen LogP contribution in [0.4, 0.5) is 0 Å². The maximum Gasteiger partial charge on any atom is 0.331 e. The highest BCUT2D eigenvalue weighted by atomic mass is 32.2. The lowest BCUT2D eigenvalue weighted by Gasteiger charge is -2.40. The Labute approximate surface area is 229 Å². The monoisotopic (exact) mass is 573 g/mol. The minimum atomic E-state index is -2.23. The van der Waals surface area contributed by atoms with Crippen molar-refractivity contribution in [3.8, 4) is 0 Å². The molecule has 13 heteroatoms. The highest BCUT2D eigenvalue weighted by molar-refractivity contribution is 8.14. The number of carbonyl (C=O) groups excluding carboxylic acids is 2. The maximum absolute atomic E-state index is 13.6. The maximum atomic E-state index is 13.6. The topological polar surface area (TPSA) is 135 Å². The number of rotatable bonds is 14. The molecule has 0 unspecified atom stereocenters. The van der Waals surface area contributed by atoms with E-state index in [0.717, 1.165) is 18.1 Å². The standard InChI is InChI=1S/C24H47N5O5SSi2/c1-12-37(13-2,14-3)34-17(5)20(22-26-18(15-35-22)23(31)32-9)27-21(30)19(28-29-25)16(4)33-36(10,11)24(6,7)8/h16-20H,12-15H2,1-11H3,(H,27,30)/t16-,17-,18-,19+,20+/m1/s1. The number of nitrogens with zero attached hydrogens (tertiary/aromatic N) is 4. The van der Waals surface area contributed by atoms with Crippen molar-refractivity contribution in [1.29, 1.82) is 0 Å². The molecule has 1 heterocycles. The molecule has 1 N–H and O–H groups in total. The summed E-state index contributed by atoms with van der Waals surface area (Å²) in [5, 5.41) is 7.41. The zero-order chi connectivity index (χ0) is 28.6. The molecule has 10 nitrogen and oxygen atoms in total. The fraction of sp³-hybridized carbons (Fsp3) is 0.875. The van der Waals surface area contributed by atoms with Gasteiger partial charge in [-0.1, -0.05) is 46.7 Å². The third-order valence-electron chi connectivity index (χ3n) is 7.72. The van der Waals surface area contributed by atoms with E-state index in [4.69, 9.17) is 13.6 Å². The molecular weight excluding hydrogens is 527 g/mol. The number of esters is 1. The number of ether oxygens (including phenoxy) is 1. The van der Waals surface area contributed by atoms with Crippen molar-refractivity contribution in [3.05, 3.63) is 10.4 Å². The second-order valence-electron chi connectivity index (χ2n) is 11.1. The van der Waals surface area contributed by atoms with Crippen LogP contribution in [0.2, 0.25) is 36.3 Å². The van der Waals surface area contributed by atoms with Crippen LogP contribution in [0, 0.1) is 0 Å². The summed E-state index contributed by atoms with van der Waals surface area (Å²) in [5.74, 6) is -0.432. The van der Waals surface area contributed by atoms with Gasteiger partial charge in [0.05, 0.1) is 24.4 Å². The molecule has 212 valence electrons. The van der Waals surface area contributed by atoms with E-state index in [1.807, 2.05) is 6.92 Å². The summed E-state index contributed by atoms with van der Waals surface area (Å²) >= 11 is 1.41. The predicted molar refractivity (Wildman–Crippen MR) is 156 cm³/mol. The van der Waals surface area contributed by atoms with Gasteiger partial charge in [0.15, 0.2) is 22.7 Å². The Hall–Kier alpha value is -1.38. The van der Waals surface area contributed by atoms with Gasteiger partial charge in [-0.3, -0.25) is 9.79 Å². The third-order valence-corrected chi connectivity index (χ3v) is 18.2. The second kappa shape index (κ2) is 14.1. The van der Waals surface area contributed by atoms with E-state index in [1.54, 1.807) is 6.92 Å². The minimum absolute atomic E-state index is 0.0733. The number of thioether (sulfide) groups is 1. The van der Waals surface area contributed by atoms with Gasteiger partial charge >= 0.3 is 5.97 Å². The number of carbonyl (C=O) groups is 2. The van der Waals surface area contributed by atoms with Gasteiger partial charge in [0.1, 0.15) is 12.1 Å². The molecule has 0 radical (unpaired) electrons. The third kappa shape index (κ3) is 8.82. The number of aliphatic imine (C=N–C) groups is 1. The summed E-state index contributed by atoms with van der Waals surface area (Å²) in [6.07, 6.45) is -1.01. The van der Waals surface area contributed by atoms with Crippen molar-refractivity contribution < 1.29 is 23.2 Å². The molecule has 1 aliphatic rings. The van der Waals surface area contributed by atoms with Gasteiger partial charge in [-0.25, -0.2) is 4.79 Å². The molecule has 0 aromatic carbocycles. The van der Waals surface area contributed by atoms with Crippen LogP contribution >= 0.6 is 11.8 Å². The highest BCUT2D eigenvalue weighted by Gasteiger charge is 2.42. The fourth-order valence-corrected chi connectivity index (χ4v) is 9.53. The summed E-state index contributed by atoms with van der Waals surface area (Å²) in [5.41, 5.74) is 9.25. The summed E-state index contributed by atoms with van der Waals surface area (Å²) in [6, 6.07) is 0.565. The Kier molecular flexibility index (Phi) is 12.9. The lowest BCUT2D eigenvalue weighted by Crippen LogP contribution is -2.56. The smallest absolute Gasteiger partial charge is 0.331 e. The first kappa shape index (κ1) is 33.7. The Morgan fingerprint density at radius 2 is 1.73 bits per heavy atom. The van der Waals surface area contributed by atoms with E-state index in [-0.39, 0.29) is 11.1 Å². The lowest BCUT2D eigenvalue weighted by molar-refractivity contribution is -0.141. The van der Waals surface area contributed by atoms with Crippen LogP contribution in [0.3, 0.4) is 0 Å². The summed E-state index contributed by atoms with van der Waals surface area (Å²) in [7, 11) is -2.91. The lowest BCUT2D eigenvalue weighted by atomic mass is 10.1. The molecule has 0 aliphatic carbocycles. The zero-order valence-corrected chi connectivity index (χ0v) is 27.3. The molecule has 0 saturated heterocycles. The van der Waals surface area contributed by atoms with Crippen LogP contribution in [0.25, 0.3) is 10.4 Å². The summed E-state index contributed by atoms with van der Waals surface area (Å²) < 4.78 is 18.0. The quantitative estimate of drug-likeness (QED) is 0.0937. The summed E-state index contributed by atoms with van der Waals surface area (Å²) in [6.45, 7) is 20.7. The fourth-order valence-electron chi connectivity index (χ4n) is 4.02. The van der Waals surface area contributed by atoms with Gasteiger partial charge in [-0.2, -0.15) is 0 Å². The van der Waals surface area contributed by atoms with E-state index in [1.165, 1.54) is 18.9 Å². The highest BCUT2D eigenvalue weighted by Crippen LogP contribution is 2.38. The number of nitrogens with one attached hydrogen (secondary N) is 1. The zero-order valence-electron chi connectivity index (χ0n) is 24.5. The SMILES string of the molecule is CC[Si](CC)(CC)O[C@H](C)[C@H](NC(=O)[C@@H](N=[N+]=[N-])[C@@H](C)O[Si](C)(C)C(C)(C)C)C1=N[C@@H](C(=O)OC)CS1. The average Bonchev–Trinajstić information content (AvgIpc) is 3.32. The van der Waals surface area contributed by atoms with E-state index >= 15 is 0 Å². The van der Waals surface area contributed by atoms with Crippen LogP contribution in [-0.4, -0.2) is 76.8 Å². The first-order chi connectivity index (χ1) is 17.1. The first-order valence-electron chi connectivity index (χ1n) is 13.1. The van der Waals surface area contributed by atoms with Crippen LogP contribution in [0.5, 0.6) is 0 Å². The molecule has 0 spiro atoms. The molecule has 1 amide bonds. The van der Waals surface area contributed by atoms with Gasteiger partial charge in [-0.05, 0) is 55.6 Å². The Bertz CT molecular complexity index is 864. The van der Waals surface area contributed by atoms with E-state index in [2.05, 4.69) is 75.0 Å². The van der Waals surface area contributed by atoms with Crippen molar-refractivity contribution in [3.63, 3.8) is 0 Å².